The molecule has 1 N–H and O–H groups in total. The molecule has 0 saturated carbocycles. The van der Waals surface area contributed by atoms with Crippen LogP contribution in [0.15, 0.2) is 41.1 Å². The summed E-state index contributed by atoms with van der Waals surface area (Å²) in [6.45, 7) is 3.23. The number of carbonyl (C=O) groups excluding carboxylic acids is 3. The molecule has 0 spiro atoms. The minimum absolute atomic E-state index is 0.0961. The van der Waals surface area contributed by atoms with Crippen LogP contribution in [0.1, 0.15) is 30.0 Å². The number of thiazole rings is 2. The van der Waals surface area contributed by atoms with Crippen molar-refractivity contribution in [1.82, 2.24) is 9.97 Å². The van der Waals surface area contributed by atoms with Crippen LogP contribution in [0.2, 0.25) is 0 Å². The van der Waals surface area contributed by atoms with Gasteiger partial charge in [0.25, 0.3) is 0 Å². The lowest BCUT2D eigenvalue weighted by molar-refractivity contribution is -0.116. The second-order valence-electron chi connectivity index (χ2n) is 5.94. The molecule has 0 radical (unpaired) electrons. The van der Waals surface area contributed by atoms with Crippen molar-refractivity contribution >= 4 is 62.5 Å². The highest BCUT2D eigenvalue weighted by Gasteiger charge is 2.20. The highest BCUT2D eigenvalue weighted by molar-refractivity contribution is 7.14. The second-order valence-corrected chi connectivity index (χ2v) is 7.64. The zero-order valence-corrected chi connectivity index (χ0v) is 18.1. The fraction of sp³-hybridized carbons (Fsp3) is 0.150. The van der Waals surface area contributed by atoms with Crippen molar-refractivity contribution < 1.29 is 23.5 Å². The molecule has 11 heteroatoms. The zero-order valence-electron chi connectivity index (χ0n) is 16.5. The van der Waals surface area contributed by atoms with Crippen LogP contribution in [-0.2, 0) is 14.3 Å². The predicted molar refractivity (Wildman–Crippen MR) is 117 cm³/mol. The Morgan fingerprint density at radius 1 is 1.19 bits per heavy atom. The van der Waals surface area contributed by atoms with Crippen LogP contribution in [0.3, 0.4) is 0 Å². The minimum Gasteiger partial charge on any atom is -0.461 e. The van der Waals surface area contributed by atoms with E-state index in [9.17, 15) is 18.8 Å². The summed E-state index contributed by atoms with van der Waals surface area (Å²) in [7, 11) is 0. The van der Waals surface area contributed by atoms with Gasteiger partial charge in [0.1, 0.15) is 5.82 Å². The lowest BCUT2D eigenvalue weighted by atomic mass is 10.3. The monoisotopic (exact) mass is 460 g/mol. The van der Waals surface area contributed by atoms with Gasteiger partial charge >= 0.3 is 5.97 Å². The van der Waals surface area contributed by atoms with Gasteiger partial charge in [-0.2, -0.15) is 0 Å². The number of esters is 1. The summed E-state index contributed by atoms with van der Waals surface area (Å²) in [6, 6.07) is 5.90. The Hall–Kier alpha value is -3.44. The summed E-state index contributed by atoms with van der Waals surface area (Å²) in [5.41, 5.74) is 0.635. The summed E-state index contributed by atoms with van der Waals surface area (Å²) in [5.74, 6) is -1.98. The minimum atomic E-state index is -0.560. The number of ether oxygens (including phenoxy) is 1. The molecule has 0 aliphatic carbocycles. The average Bonchev–Trinajstić information content (AvgIpc) is 3.38. The number of carbonyl (C=O) groups is 3. The van der Waals surface area contributed by atoms with Crippen molar-refractivity contribution in [3.8, 4) is 0 Å². The highest BCUT2D eigenvalue weighted by Crippen LogP contribution is 2.31. The van der Waals surface area contributed by atoms with Gasteiger partial charge in [-0.25, -0.2) is 19.2 Å². The number of aromatic nitrogens is 2. The molecule has 1 aromatic carbocycles. The maximum absolute atomic E-state index is 14.1. The first-order valence-corrected chi connectivity index (χ1v) is 10.8. The summed E-state index contributed by atoms with van der Waals surface area (Å²) >= 11 is 2.23. The van der Waals surface area contributed by atoms with E-state index >= 15 is 0 Å². The van der Waals surface area contributed by atoms with Crippen LogP contribution in [0.5, 0.6) is 0 Å². The average molecular weight is 461 g/mol. The van der Waals surface area contributed by atoms with Gasteiger partial charge in [0.2, 0.25) is 11.8 Å². The van der Waals surface area contributed by atoms with Crippen LogP contribution in [0.25, 0.3) is 6.08 Å². The quantitative estimate of drug-likeness (QED) is 0.418. The van der Waals surface area contributed by atoms with Gasteiger partial charge in [-0.15, -0.1) is 22.7 Å². The third-order valence-electron chi connectivity index (χ3n) is 3.73. The number of anilines is 3. The first-order valence-electron chi connectivity index (χ1n) is 9.01. The predicted octanol–water partition coefficient (Wildman–Crippen LogP) is 4.25. The number of amides is 2. The molecule has 0 aliphatic heterocycles. The molecule has 3 aromatic rings. The highest BCUT2D eigenvalue weighted by atomic mass is 32.1. The Morgan fingerprint density at radius 3 is 2.68 bits per heavy atom. The van der Waals surface area contributed by atoms with Gasteiger partial charge < -0.3 is 4.74 Å². The lowest BCUT2D eigenvalue weighted by Gasteiger charge is -2.18. The van der Waals surface area contributed by atoms with Crippen LogP contribution < -0.4 is 10.2 Å². The second kappa shape index (κ2) is 10.0. The molecule has 2 amide bonds. The summed E-state index contributed by atoms with van der Waals surface area (Å²) in [5, 5.41) is 6.20. The molecule has 160 valence electrons. The fourth-order valence-corrected chi connectivity index (χ4v) is 3.96. The van der Waals surface area contributed by atoms with E-state index in [0.29, 0.717) is 5.69 Å². The van der Waals surface area contributed by atoms with Crippen LogP contribution >= 0.6 is 22.7 Å². The van der Waals surface area contributed by atoms with Crippen molar-refractivity contribution in [2.24, 2.45) is 0 Å². The molecule has 0 saturated heterocycles. The first kappa shape index (κ1) is 22.2. The zero-order chi connectivity index (χ0) is 22.4. The topological polar surface area (TPSA) is 101 Å². The van der Waals surface area contributed by atoms with E-state index in [0.717, 1.165) is 22.7 Å². The van der Waals surface area contributed by atoms with Crippen LogP contribution in [0, 0.1) is 5.82 Å². The number of nitrogens with one attached hydrogen (secondary N) is 1. The van der Waals surface area contributed by atoms with Crippen molar-refractivity contribution in [1.29, 1.82) is 0 Å². The molecule has 0 atom stereocenters. The van der Waals surface area contributed by atoms with Gasteiger partial charge in [-0.1, -0.05) is 12.1 Å². The van der Waals surface area contributed by atoms with E-state index in [2.05, 4.69) is 15.3 Å². The summed E-state index contributed by atoms with van der Waals surface area (Å²) < 4.78 is 19.0. The van der Waals surface area contributed by atoms with Gasteiger partial charge in [-0.3, -0.25) is 19.8 Å². The number of para-hydroxylation sites is 1. The van der Waals surface area contributed by atoms with E-state index in [1.165, 1.54) is 47.6 Å². The van der Waals surface area contributed by atoms with Crippen molar-refractivity contribution in [3.63, 3.8) is 0 Å². The van der Waals surface area contributed by atoms with Gasteiger partial charge in [0, 0.05) is 23.8 Å². The standard InChI is InChI=1S/C20H17FN4O4S2/c1-3-29-18(28)15-11-30-19(23-15)24-17(27)9-8-13-10-31-20(22-13)25(12(2)26)16-7-5-4-6-14(16)21/h4-11H,3H2,1-2H3,(H,23,24,27)/b9-8+. The van der Waals surface area contributed by atoms with E-state index in [1.54, 1.807) is 18.4 Å². The summed E-state index contributed by atoms with van der Waals surface area (Å²) in [6.07, 6.45) is 2.69. The number of nitrogens with zero attached hydrogens (tertiary/aromatic N) is 3. The van der Waals surface area contributed by atoms with Crippen LogP contribution in [0.4, 0.5) is 20.3 Å². The number of halogens is 1. The van der Waals surface area contributed by atoms with E-state index < -0.39 is 23.6 Å². The molecular formula is C20H17FN4O4S2. The Bertz CT molecular complexity index is 1140. The van der Waals surface area contributed by atoms with Gasteiger partial charge in [0.05, 0.1) is 18.0 Å². The smallest absolute Gasteiger partial charge is 0.357 e. The fourth-order valence-electron chi connectivity index (χ4n) is 2.43. The summed E-state index contributed by atoms with van der Waals surface area (Å²) in [4.78, 5) is 45.3. The first-order chi connectivity index (χ1) is 14.9. The van der Waals surface area contributed by atoms with E-state index in [1.807, 2.05) is 0 Å². The van der Waals surface area contributed by atoms with Crippen molar-refractivity contribution in [2.75, 3.05) is 16.8 Å². The Labute approximate surface area is 185 Å². The molecule has 0 fully saturated rings. The Morgan fingerprint density at radius 2 is 1.97 bits per heavy atom. The Balaban J connectivity index is 1.68. The lowest BCUT2D eigenvalue weighted by Crippen LogP contribution is -2.23. The third kappa shape index (κ3) is 5.58. The molecule has 8 nitrogen and oxygen atoms in total. The van der Waals surface area contributed by atoms with E-state index in [-0.39, 0.29) is 28.3 Å². The molecule has 3 rings (SSSR count). The molecule has 2 heterocycles. The largest absolute Gasteiger partial charge is 0.461 e. The molecular weight excluding hydrogens is 443 g/mol. The number of benzene rings is 1. The van der Waals surface area contributed by atoms with Gasteiger partial charge in [-0.05, 0) is 25.1 Å². The van der Waals surface area contributed by atoms with Crippen molar-refractivity contribution in [3.05, 3.63) is 58.3 Å². The molecule has 0 aliphatic rings. The SMILES string of the molecule is CCOC(=O)c1csc(NC(=O)/C=C/c2csc(N(C(C)=O)c3ccccc3F)n2)n1. The molecule has 0 bridgehead atoms. The molecule has 0 unspecified atom stereocenters. The third-order valence-corrected chi connectivity index (χ3v) is 5.34. The maximum atomic E-state index is 14.1. The number of hydrogen-bond acceptors (Lipinski definition) is 8. The Kier molecular flexibility index (Phi) is 7.21. The van der Waals surface area contributed by atoms with Crippen LogP contribution in [-0.4, -0.2) is 34.4 Å². The number of rotatable bonds is 7. The molecule has 31 heavy (non-hydrogen) atoms. The maximum Gasteiger partial charge on any atom is 0.357 e. The van der Waals surface area contributed by atoms with Gasteiger partial charge in [0.15, 0.2) is 16.0 Å². The molecule has 2 aromatic heterocycles. The normalized spacial score (nSPS) is 10.8. The van der Waals surface area contributed by atoms with E-state index in [4.69, 9.17) is 4.74 Å². The van der Waals surface area contributed by atoms with Crippen molar-refractivity contribution in [2.45, 2.75) is 13.8 Å². The number of hydrogen-bond donors (Lipinski definition) is 1.